The predicted molar refractivity (Wildman–Crippen MR) is 126 cm³/mol. The van der Waals surface area contributed by atoms with Crippen LogP contribution in [0.3, 0.4) is 0 Å². The molecule has 0 spiro atoms. The minimum Gasteiger partial charge on any atom is -0.390 e. The van der Waals surface area contributed by atoms with Crippen molar-refractivity contribution in [2.24, 2.45) is 35.0 Å². The second kappa shape index (κ2) is 9.54. The molecule has 0 aliphatic heterocycles. The summed E-state index contributed by atoms with van der Waals surface area (Å²) in [6, 6.07) is 0. The topological polar surface area (TPSA) is 71.2 Å². The first-order chi connectivity index (χ1) is 15.2. The lowest BCUT2D eigenvalue weighted by Crippen LogP contribution is -2.46. The third-order valence-electron chi connectivity index (χ3n) is 9.27. The molecule has 0 saturated heterocycles. The summed E-state index contributed by atoms with van der Waals surface area (Å²) in [7, 11) is 4.35. The van der Waals surface area contributed by atoms with Crippen LogP contribution >= 0.6 is 0 Å². The van der Waals surface area contributed by atoms with Gasteiger partial charge in [-0.05, 0) is 88.6 Å². The molecular weight excluding hydrogens is 400 g/mol. The number of rotatable bonds is 5. The first-order valence-corrected chi connectivity index (χ1v) is 12.9. The van der Waals surface area contributed by atoms with Crippen LogP contribution in [0, 0.1) is 35.0 Å². The summed E-state index contributed by atoms with van der Waals surface area (Å²) in [5.41, 5.74) is -0.406. The standard InChI is InChI=1S/C26H44N4O2/c1-25(32)11-6-5-9-21-19(8-7-12-25)10-13-26(2)22(16-20(24(21)26)17-29(3)4)23(31)18-30-27-14-15-28-30/h14-15,19-22,24,32H,5-13,16-18H2,1-4H3/t19-,20-,21+,22+,24-,25-,26+/m0/s1. The van der Waals surface area contributed by atoms with E-state index in [0.29, 0.717) is 30.1 Å². The van der Waals surface area contributed by atoms with Crippen LogP contribution in [0.4, 0.5) is 0 Å². The van der Waals surface area contributed by atoms with E-state index in [9.17, 15) is 9.90 Å². The lowest BCUT2D eigenvalue weighted by molar-refractivity contribution is -0.129. The van der Waals surface area contributed by atoms with Crippen molar-refractivity contribution in [3.63, 3.8) is 0 Å². The number of carbonyl (C=O) groups is 1. The molecule has 7 atom stereocenters. The molecule has 3 aliphatic rings. The van der Waals surface area contributed by atoms with Gasteiger partial charge in [0.2, 0.25) is 0 Å². The van der Waals surface area contributed by atoms with Crippen LogP contribution in [0.5, 0.6) is 0 Å². The third-order valence-corrected chi connectivity index (χ3v) is 9.27. The van der Waals surface area contributed by atoms with Gasteiger partial charge in [0.15, 0.2) is 5.78 Å². The molecule has 1 N–H and O–H groups in total. The number of fused-ring (bicyclic) bond motifs is 3. The highest BCUT2D eigenvalue weighted by Crippen LogP contribution is 2.63. The first kappa shape index (κ1) is 23.9. The number of hydrogen-bond donors (Lipinski definition) is 1. The van der Waals surface area contributed by atoms with E-state index >= 15 is 0 Å². The van der Waals surface area contributed by atoms with Crippen LogP contribution in [0.25, 0.3) is 0 Å². The molecule has 1 aromatic rings. The van der Waals surface area contributed by atoms with E-state index in [1.54, 1.807) is 17.2 Å². The fourth-order valence-corrected chi connectivity index (χ4v) is 7.93. The molecule has 0 amide bonds. The number of aliphatic hydroxyl groups is 1. The number of aromatic nitrogens is 3. The van der Waals surface area contributed by atoms with Crippen LogP contribution in [-0.4, -0.2) is 57.0 Å². The van der Waals surface area contributed by atoms with Gasteiger partial charge in [-0.25, -0.2) is 0 Å². The number of ketones is 1. The van der Waals surface area contributed by atoms with Crippen molar-refractivity contribution >= 4 is 5.78 Å². The van der Waals surface area contributed by atoms with Gasteiger partial charge in [-0.15, -0.1) is 0 Å². The summed E-state index contributed by atoms with van der Waals surface area (Å²) < 4.78 is 0. The minimum atomic E-state index is -0.491. The molecular formula is C26H44N4O2. The zero-order valence-corrected chi connectivity index (χ0v) is 20.7. The Morgan fingerprint density at radius 2 is 1.78 bits per heavy atom. The Balaban J connectivity index is 1.58. The molecule has 4 rings (SSSR count). The molecule has 0 bridgehead atoms. The summed E-state index contributed by atoms with van der Waals surface area (Å²) >= 11 is 0. The van der Waals surface area contributed by atoms with Gasteiger partial charge in [-0.2, -0.15) is 15.0 Å². The normalized spacial score (nSPS) is 40.6. The molecule has 3 aliphatic carbocycles. The minimum absolute atomic E-state index is 0.0850. The van der Waals surface area contributed by atoms with E-state index in [0.717, 1.165) is 51.0 Å². The second-order valence-electron chi connectivity index (χ2n) is 12.0. The van der Waals surface area contributed by atoms with Crippen molar-refractivity contribution in [2.45, 2.75) is 90.2 Å². The Hall–Kier alpha value is -1.27. The number of carbonyl (C=O) groups excluding carboxylic acids is 1. The van der Waals surface area contributed by atoms with E-state index in [4.69, 9.17) is 0 Å². The quantitative estimate of drug-likeness (QED) is 0.737. The van der Waals surface area contributed by atoms with Crippen molar-refractivity contribution in [3.05, 3.63) is 12.4 Å². The highest BCUT2D eigenvalue weighted by Gasteiger charge is 2.59. The van der Waals surface area contributed by atoms with Gasteiger partial charge in [0.05, 0.1) is 18.0 Å². The van der Waals surface area contributed by atoms with Gasteiger partial charge in [0.1, 0.15) is 6.54 Å². The molecule has 0 aromatic carbocycles. The Bertz CT molecular complexity index is 762. The lowest BCUT2D eigenvalue weighted by Gasteiger charge is -2.51. The SMILES string of the molecule is CN(C)C[C@@H]1C[C@H](C(=O)Cn2nccn2)[C@@]2(C)CC[C@@H]3CCC[C@@](C)(O)CCCC[C@H]3[C@H]12. The monoisotopic (exact) mass is 444 g/mol. The molecule has 0 unspecified atom stereocenters. The lowest BCUT2D eigenvalue weighted by atomic mass is 9.54. The average molecular weight is 445 g/mol. The van der Waals surface area contributed by atoms with Crippen molar-refractivity contribution in [1.82, 2.24) is 19.9 Å². The smallest absolute Gasteiger partial charge is 0.159 e. The average Bonchev–Trinajstić information content (AvgIpc) is 3.32. The molecule has 1 aromatic heterocycles. The number of hydrogen-bond acceptors (Lipinski definition) is 5. The third kappa shape index (κ3) is 4.96. The van der Waals surface area contributed by atoms with E-state index in [-0.39, 0.29) is 11.3 Å². The van der Waals surface area contributed by atoms with Crippen molar-refractivity contribution in [3.8, 4) is 0 Å². The van der Waals surface area contributed by atoms with E-state index < -0.39 is 5.60 Å². The van der Waals surface area contributed by atoms with Gasteiger partial charge in [0, 0.05) is 12.5 Å². The van der Waals surface area contributed by atoms with Crippen LogP contribution < -0.4 is 0 Å². The Morgan fingerprint density at radius 3 is 2.50 bits per heavy atom. The fraction of sp³-hybridized carbons (Fsp3) is 0.885. The summed E-state index contributed by atoms with van der Waals surface area (Å²) in [5, 5.41) is 19.1. The van der Waals surface area contributed by atoms with Crippen molar-refractivity contribution in [1.29, 1.82) is 0 Å². The van der Waals surface area contributed by atoms with Gasteiger partial charge in [-0.1, -0.05) is 32.6 Å². The van der Waals surface area contributed by atoms with Gasteiger partial charge < -0.3 is 10.0 Å². The maximum Gasteiger partial charge on any atom is 0.159 e. The summed E-state index contributed by atoms with van der Waals surface area (Å²) in [6.45, 7) is 5.84. The van der Waals surface area contributed by atoms with Gasteiger partial charge in [-0.3, -0.25) is 4.79 Å². The molecule has 3 saturated carbocycles. The Kier molecular flexibility index (Phi) is 7.11. The molecule has 6 nitrogen and oxygen atoms in total. The molecule has 1 heterocycles. The molecule has 180 valence electrons. The van der Waals surface area contributed by atoms with Gasteiger partial charge >= 0.3 is 0 Å². The molecule has 3 fully saturated rings. The largest absolute Gasteiger partial charge is 0.390 e. The van der Waals surface area contributed by atoms with Gasteiger partial charge in [0.25, 0.3) is 0 Å². The summed E-state index contributed by atoms with van der Waals surface area (Å²) in [6.07, 6.45) is 14.5. The molecule has 0 radical (unpaired) electrons. The maximum atomic E-state index is 13.5. The Labute approximate surface area is 194 Å². The maximum absolute atomic E-state index is 13.5. The highest BCUT2D eigenvalue weighted by atomic mass is 16.3. The van der Waals surface area contributed by atoms with E-state index in [1.165, 1.54) is 25.7 Å². The highest BCUT2D eigenvalue weighted by molar-refractivity contribution is 5.82. The zero-order chi connectivity index (χ0) is 22.9. The predicted octanol–water partition coefficient (Wildman–Crippen LogP) is 4.19. The van der Waals surface area contributed by atoms with Crippen LogP contribution in [0.15, 0.2) is 12.4 Å². The van der Waals surface area contributed by atoms with Crippen molar-refractivity contribution in [2.75, 3.05) is 20.6 Å². The number of nitrogens with zero attached hydrogens (tertiary/aromatic N) is 4. The van der Waals surface area contributed by atoms with Crippen molar-refractivity contribution < 1.29 is 9.90 Å². The molecule has 6 heteroatoms. The van der Waals surface area contributed by atoms with Crippen LogP contribution in [-0.2, 0) is 11.3 Å². The molecule has 32 heavy (non-hydrogen) atoms. The first-order valence-electron chi connectivity index (χ1n) is 12.9. The van der Waals surface area contributed by atoms with E-state index in [1.807, 2.05) is 6.92 Å². The zero-order valence-electron chi connectivity index (χ0n) is 20.7. The second-order valence-corrected chi connectivity index (χ2v) is 12.0. The summed E-state index contributed by atoms with van der Waals surface area (Å²) in [5.74, 6) is 3.08. The fourth-order valence-electron chi connectivity index (χ4n) is 7.93. The summed E-state index contributed by atoms with van der Waals surface area (Å²) in [4.78, 5) is 17.4. The van der Waals surface area contributed by atoms with E-state index in [2.05, 4.69) is 36.1 Å². The number of Topliss-reactive ketones (excluding diaryl/α,β-unsaturated/α-hetero) is 1. The Morgan fingerprint density at radius 1 is 1.06 bits per heavy atom. The van der Waals surface area contributed by atoms with Crippen LogP contribution in [0.2, 0.25) is 0 Å². The van der Waals surface area contributed by atoms with Crippen LogP contribution in [0.1, 0.15) is 78.1 Å².